The standard InChI is InChI=1S/2C5H10O.2ClH.Sn/c2*1-3-5(6)4-2;;;/h2*3,6H,4H2,1-2H3;2*1H;/q;;;;+4/p-4/b5-3+;5-3-;;;. The van der Waals surface area contributed by atoms with E-state index in [1.165, 1.54) is 0 Å². The first-order valence-corrected chi connectivity index (χ1v) is 4.26. The van der Waals surface area contributed by atoms with Crippen molar-refractivity contribution >= 4 is 23.9 Å². The second-order valence-electron chi connectivity index (χ2n) is 2.22. The van der Waals surface area contributed by atoms with E-state index in [9.17, 15) is 10.2 Å². The van der Waals surface area contributed by atoms with Crippen LogP contribution >= 0.6 is 0 Å². The fourth-order valence-corrected chi connectivity index (χ4v) is 0.408. The molecule has 0 amide bonds. The maximum absolute atomic E-state index is 10.1. The molecule has 0 aliphatic carbocycles. The molecule has 0 aliphatic heterocycles. The van der Waals surface area contributed by atoms with Crippen molar-refractivity contribution in [2.24, 2.45) is 0 Å². The first kappa shape index (κ1) is 29.5. The van der Waals surface area contributed by atoms with Crippen LogP contribution in [-0.4, -0.2) is 23.9 Å². The van der Waals surface area contributed by atoms with Crippen LogP contribution in [0.3, 0.4) is 0 Å². The Hall–Kier alpha value is 0.459. The van der Waals surface area contributed by atoms with Crippen LogP contribution in [0.2, 0.25) is 0 Å². The summed E-state index contributed by atoms with van der Waals surface area (Å²) in [6, 6.07) is 0. The van der Waals surface area contributed by atoms with Crippen molar-refractivity contribution in [2.45, 2.75) is 40.5 Å². The maximum Gasteiger partial charge on any atom is 4.00 e. The minimum absolute atomic E-state index is 0. The van der Waals surface area contributed by atoms with Gasteiger partial charge in [0.15, 0.2) is 0 Å². The Morgan fingerprint density at radius 3 is 1.07 bits per heavy atom. The molecule has 2 nitrogen and oxygen atoms in total. The number of hydrogen-bond donors (Lipinski definition) is 0. The third-order valence-corrected chi connectivity index (χ3v) is 1.34. The Bertz CT molecular complexity index is 142. The van der Waals surface area contributed by atoms with Crippen molar-refractivity contribution in [2.75, 3.05) is 0 Å². The van der Waals surface area contributed by atoms with E-state index in [0.29, 0.717) is 12.8 Å². The fourth-order valence-electron chi connectivity index (χ4n) is 0.408. The van der Waals surface area contributed by atoms with Crippen LogP contribution in [0.15, 0.2) is 23.7 Å². The van der Waals surface area contributed by atoms with Crippen molar-refractivity contribution < 1.29 is 35.0 Å². The first-order chi connectivity index (χ1) is 5.62. The number of allylic oxidation sites excluding steroid dienone is 4. The molecule has 0 heterocycles. The van der Waals surface area contributed by atoms with Crippen molar-refractivity contribution in [1.82, 2.24) is 0 Å². The van der Waals surface area contributed by atoms with Gasteiger partial charge in [0, 0.05) is 0 Å². The van der Waals surface area contributed by atoms with Gasteiger partial charge in [-0.1, -0.05) is 26.0 Å². The molecule has 0 rings (SSSR count). The zero-order chi connectivity index (χ0) is 9.98. The van der Waals surface area contributed by atoms with E-state index < -0.39 is 0 Å². The van der Waals surface area contributed by atoms with Gasteiger partial charge in [-0.15, -0.1) is 11.5 Å². The summed E-state index contributed by atoms with van der Waals surface area (Å²) in [6.45, 7) is 7.21. The zero-order valence-corrected chi connectivity index (χ0v) is 14.0. The zero-order valence-electron chi connectivity index (χ0n) is 9.64. The Morgan fingerprint density at radius 1 is 0.867 bits per heavy atom. The molecule has 88 valence electrons. The number of rotatable bonds is 2. The normalized spacial score (nSPS) is 9.60. The predicted octanol–water partition coefficient (Wildman–Crippen LogP) is -5.05. The van der Waals surface area contributed by atoms with Gasteiger partial charge in [-0.25, -0.2) is 0 Å². The summed E-state index contributed by atoms with van der Waals surface area (Å²) in [6.07, 6.45) is 4.44. The van der Waals surface area contributed by atoms with Gasteiger partial charge in [-0.05, 0) is 26.7 Å². The van der Waals surface area contributed by atoms with Gasteiger partial charge < -0.3 is 35.0 Å². The minimum atomic E-state index is 0. The second kappa shape index (κ2) is 23.9. The van der Waals surface area contributed by atoms with Crippen molar-refractivity contribution in [3.8, 4) is 0 Å². The molecule has 0 atom stereocenters. The Morgan fingerprint density at radius 2 is 1.07 bits per heavy atom. The van der Waals surface area contributed by atoms with Crippen LogP contribution in [0.1, 0.15) is 40.5 Å². The summed E-state index contributed by atoms with van der Waals surface area (Å²) >= 11 is 0. The van der Waals surface area contributed by atoms with Crippen molar-refractivity contribution in [1.29, 1.82) is 0 Å². The largest absolute Gasteiger partial charge is 4.00 e. The van der Waals surface area contributed by atoms with Gasteiger partial charge in [-0.3, -0.25) is 0 Å². The summed E-state index contributed by atoms with van der Waals surface area (Å²) in [7, 11) is 0. The number of halogens is 2. The van der Waals surface area contributed by atoms with E-state index in [-0.39, 0.29) is 60.2 Å². The molecule has 0 saturated carbocycles. The molecule has 15 heavy (non-hydrogen) atoms. The molecule has 0 spiro atoms. The summed E-state index contributed by atoms with van der Waals surface area (Å²) in [5.41, 5.74) is 0. The van der Waals surface area contributed by atoms with Crippen LogP contribution in [-0.2, 0) is 0 Å². The van der Waals surface area contributed by atoms with Gasteiger partial charge in [0.2, 0.25) is 0 Å². The van der Waals surface area contributed by atoms with E-state index in [4.69, 9.17) is 0 Å². The van der Waals surface area contributed by atoms with E-state index in [2.05, 4.69) is 0 Å². The smallest absolute Gasteiger partial charge is 1.00 e. The van der Waals surface area contributed by atoms with Crippen molar-refractivity contribution in [3.05, 3.63) is 23.7 Å². The average molecular weight is 360 g/mol. The Balaban J connectivity index is -0.0000000370. The molecule has 0 aromatic heterocycles. The predicted molar refractivity (Wildman–Crippen MR) is 53.9 cm³/mol. The maximum atomic E-state index is 10.1. The molecule has 0 unspecified atom stereocenters. The molecule has 0 fully saturated rings. The van der Waals surface area contributed by atoms with E-state index in [1.54, 1.807) is 26.0 Å². The topological polar surface area (TPSA) is 46.1 Å². The average Bonchev–Trinajstić information content (AvgIpc) is 2.16. The van der Waals surface area contributed by atoms with E-state index >= 15 is 0 Å². The Labute approximate surface area is 123 Å². The fraction of sp³-hybridized carbons (Fsp3) is 0.600. The first-order valence-electron chi connectivity index (χ1n) is 4.26. The quantitative estimate of drug-likeness (QED) is 0.366. The van der Waals surface area contributed by atoms with Crippen LogP contribution in [0.5, 0.6) is 0 Å². The number of hydrogen-bond acceptors (Lipinski definition) is 2. The van der Waals surface area contributed by atoms with Gasteiger partial charge >= 0.3 is 23.9 Å². The summed E-state index contributed by atoms with van der Waals surface area (Å²) in [5, 5.41) is 20.2. The molecule has 5 heteroatoms. The molecule has 0 aliphatic rings. The molecule has 0 saturated heterocycles. The van der Waals surface area contributed by atoms with Crippen LogP contribution < -0.4 is 35.0 Å². The summed E-state index contributed by atoms with van der Waals surface area (Å²) in [5.74, 6) is 0.435. The van der Waals surface area contributed by atoms with Gasteiger partial charge in [0.1, 0.15) is 0 Å². The monoisotopic (exact) mass is 360 g/mol. The Kier molecular flexibility index (Phi) is 47.2. The second-order valence-corrected chi connectivity index (χ2v) is 2.22. The third kappa shape index (κ3) is 31.4. The molecular weight excluding hydrogens is 342 g/mol. The molecular formula is C10H18Cl2O2Sn. The molecule has 0 aromatic rings. The molecule has 0 bridgehead atoms. The summed E-state index contributed by atoms with van der Waals surface area (Å²) < 4.78 is 0. The molecule has 0 aromatic carbocycles. The summed E-state index contributed by atoms with van der Waals surface area (Å²) in [4.78, 5) is 0. The van der Waals surface area contributed by atoms with Gasteiger partial charge in [0.05, 0.1) is 0 Å². The van der Waals surface area contributed by atoms with Gasteiger partial charge in [-0.2, -0.15) is 0 Å². The van der Waals surface area contributed by atoms with E-state index in [1.807, 2.05) is 13.8 Å². The minimum Gasteiger partial charge on any atom is -1.00 e. The van der Waals surface area contributed by atoms with Crippen LogP contribution in [0, 0.1) is 0 Å². The van der Waals surface area contributed by atoms with Gasteiger partial charge in [0.25, 0.3) is 0 Å². The third-order valence-electron chi connectivity index (χ3n) is 1.34. The van der Waals surface area contributed by atoms with Crippen LogP contribution in [0.4, 0.5) is 0 Å². The SMILES string of the molecule is C/C=C(/[O-])CC.C/C=C(\[O-])CC.[Cl-].[Cl-].[Sn+4]. The van der Waals surface area contributed by atoms with Crippen molar-refractivity contribution in [3.63, 3.8) is 0 Å². The van der Waals surface area contributed by atoms with Crippen LogP contribution in [0.25, 0.3) is 0 Å². The molecule has 0 N–H and O–H groups in total. The van der Waals surface area contributed by atoms with E-state index in [0.717, 1.165) is 0 Å². The molecule has 0 radical (unpaired) electrons.